The molecule has 178 valence electrons. The zero-order valence-electron chi connectivity index (χ0n) is 19.9. The van der Waals surface area contributed by atoms with E-state index in [-0.39, 0.29) is 18.3 Å². The van der Waals surface area contributed by atoms with Crippen molar-refractivity contribution >= 4 is 11.8 Å². The van der Waals surface area contributed by atoms with Crippen LogP contribution in [0.15, 0.2) is 60.8 Å². The summed E-state index contributed by atoms with van der Waals surface area (Å²) >= 11 is 0. The van der Waals surface area contributed by atoms with E-state index in [1.165, 1.54) is 0 Å². The number of benzene rings is 2. The number of carbonyl (C=O) groups excluding carboxylic acids is 1. The number of ketones is 1. The summed E-state index contributed by atoms with van der Waals surface area (Å²) in [5, 5.41) is 8.85. The molecule has 0 saturated heterocycles. The molecule has 3 aromatic rings. The second-order valence-corrected chi connectivity index (χ2v) is 8.29. The van der Waals surface area contributed by atoms with Gasteiger partial charge in [0.05, 0.1) is 18.3 Å². The van der Waals surface area contributed by atoms with Crippen LogP contribution in [0.5, 0.6) is 11.6 Å². The highest BCUT2D eigenvalue weighted by Crippen LogP contribution is 2.25. The van der Waals surface area contributed by atoms with E-state index in [2.05, 4.69) is 11.9 Å². The Labute approximate surface area is 200 Å². The highest BCUT2D eigenvalue weighted by atomic mass is 16.5. The summed E-state index contributed by atoms with van der Waals surface area (Å²) in [5.41, 5.74) is 4.13. The van der Waals surface area contributed by atoms with Crippen molar-refractivity contribution in [2.45, 2.75) is 52.6 Å². The predicted molar refractivity (Wildman–Crippen MR) is 131 cm³/mol. The monoisotopic (exact) mass is 461 g/mol. The summed E-state index contributed by atoms with van der Waals surface area (Å²) in [5.74, 6) is 0.176. The van der Waals surface area contributed by atoms with Gasteiger partial charge in [0.1, 0.15) is 5.75 Å². The van der Waals surface area contributed by atoms with Gasteiger partial charge in [-0.05, 0) is 55.5 Å². The van der Waals surface area contributed by atoms with E-state index in [0.29, 0.717) is 42.2 Å². The minimum Gasteiger partial charge on any atom is -0.490 e. The number of pyridine rings is 1. The topological polar surface area (TPSA) is 85.7 Å². The first kappa shape index (κ1) is 25.0. The number of aliphatic carboxylic acids is 1. The van der Waals surface area contributed by atoms with Gasteiger partial charge in [-0.3, -0.25) is 9.59 Å². The fourth-order valence-corrected chi connectivity index (χ4v) is 3.57. The molecule has 34 heavy (non-hydrogen) atoms. The molecule has 2 aromatic carbocycles. The number of hydrogen-bond donors (Lipinski definition) is 1. The van der Waals surface area contributed by atoms with Gasteiger partial charge in [-0.1, -0.05) is 43.3 Å². The molecule has 6 nitrogen and oxygen atoms in total. The molecular weight excluding hydrogens is 430 g/mol. The lowest BCUT2D eigenvalue weighted by Crippen LogP contribution is -2.18. The number of rotatable bonds is 12. The molecule has 0 fully saturated rings. The molecule has 0 aliphatic rings. The normalized spacial score (nSPS) is 11.6. The highest BCUT2D eigenvalue weighted by molar-refractivity contribution is 6.10. The van der Waals surface area contributed by atoms with Crippen molar-refractivity contribution in [2.75, 3.05) is 6.61 Å². The van der Waals surface area contributed by atoms with E-state index in [1.54, 1.807) is 6.20 Å². The van der Waals surface area contributed by atoms with Crippen molar-refractivity contribution in [3.63, 3.8) is 0 Å². The maximum Gasteiger partial charge on any atom is 0.303 e. The fraction of sp³-hybridized carbons (Fsp3) is 0.321. The molecule has 0 aliphatic heterocycles. The molecular formula is C28H31NO5. The molecule has 0 spiro atoms. The number of hydrogen-bond acceptors (Lipinski definition) is 5. The SMILES string of the molecule is CCc1ccc(O[C@@H](C)CCOc2cc(C)c(CCC(=O)O)cn2)c(C(=O)c2ccccc2)c1. The van der Waals surface area contributed by atoms with Crippen LogP contribution in [0.2, 0.25) is 0 Å². The first-order valence-electron chi connectivity index (χ1n) is 11.6. The van der Waals surface area contributed by atoms with Crippen LogP contribution in [0.25, 0.3) is 0 Å². The lowest BCUT2D eigenvalue weighted by Gasteiger charge is -2.18. The van der Waals surface area contributed by atoms with Crippen LogP contribution in [-0.2, 0) is 17.6 Å². The van der Waals surface area contributed by atoms with Gasteiger partial charge in [0.15, 0.2) is 5.78 Å². The summed E-state index contributed by atoms with van der Waals surface area (Å²) < 4.78 is 11.9. The van der Waals surface area contributed by atoms with Crippen LogP contribution in [0.4, 0.5) is 0 Å². The predicted octanol–water partition coefficient (Wildman–Crippen LogP) is 5.44. The lowest BCUT2D eigenvalue weighted by atomic mass is 9.99. The summed E-state index contributed by atoms with van der Waals surface area (Å²) in [4.78, 5) is 28.2. The number of nitrogens with zero attached hydrogens (tertiary/aromatic N) is 1. The van der Waals surface area contributed by atoms with Crippen molar-refractivity contribution < 1.29 is 24.2 Å². The fourth-order valence-electron chi connectivity index (χ4n) is 3.57. The number of aromatic nitrogens is 1. The average molecular weight is 462 g/mol. The van der Waals surface area contributed by atoms with Gasteiger partial charge in [0.25, 0.3) is 0 Å². The second-order valence-electron chi connectivity index (χ2n) is 8.29. The summed E-state index contributed by atoms with van der Waals surface area (Å²) in [6.07, 6.45) is 3.46. The van der Waals surface area contributed by atoms with Crippen LogP contribution in [-0.4, -0.2) is 34.6 Å². The minimum absolute atomic E-state index is 0.0583. The highest BCUT2D eigenvalue weighted by Gasteiger charge is 2.17. The third kappa shape index (κ3) is 6.91. The lowest BCUT2D eigenvalue weighted by molar-refractivity contribution is -0.136. The molecule has 0 radical (unpaired) electrons. The van der Waals surface area contributed by atoms with Crippen molar-refractivity contribution in [2.24, 2.45) is 0 Å². The van der Waals surface area contributed by atoms with E-state index >= 15 is 0 Å². The Kier molecular flexibility index (Phi) is 8.79. The third-order valence-electron chi connectivity index (χ3n) is 5.64. The summed E-state index contributed by atoms with van der Waals surface area (Å²) in [6, 6.07) is 16.8. The smallest absolute Gasteiger partial charge is 0.303 e. The van der Waals surface area contributed by atoms with Gasteiger partial charge in [-0.25, -0.2) is 4.98 Å². The largest absolute Gasteiger partial charge is 0.490 e. The molecule has 1 aromatic heterocycles. The molecule has 6 heteroatoms. The first-order valence-corrected chi connectivity index (χ1v) is 11.6. The van der Waals surface area contributed by atoms with E-state index in [1.807, 2.05) is 68.4 Å². The van der Waals surface area contributed by atoms with Crippen LogP contribution in [0.1, 0.15) is 59.3 Å². The number of aryl methyl sites for hydroxylation is 3. The van der Waals surface area contributed by atoms with E-state index in [4.69, 9.17) is 14.6 Å². The molecule has 1 atom stereocenters. The van der Waals surface area contributed by atoms with Gasteiger partial charge in [-0.15, -0.1) is 0 Å². The van der Waals surface area contributed by atoms with Crippen LogP contribution in [0.3, 0.4) is 0 Å². The van der Waals surface area contributed by atoms with Crippen molar-refractivity contribution in [3.8, 4) is 11.6 Å². The second kappa shape index (κ2) is 12.0. The van der Waals surface area contributed by atoms with Crippen LogP contribution in [0, 0.1) is 6.92 Å². The number of carbonyl (C=O) groups is 2. The Morgan fingerprint density at radius 3 is 2.53 bits per heavy atom. The van der Waals surface area contributed by atoms with Crippen molar-refractivity contribution in [3.05, 3.63) is 88.6 Å². The maximum absolute atomic E-state index is 13.1. The quantitative estimate of drug-likeness (QED) is 0.362. The third-order valence-corrected chi connectivity index (χ3v) is 5.64. The molecule has 0 aliphatic carbocycles. The van der Waals surface area contributed by atoms with E-state index in [0.717, 1.165) is 23.1 Å². The van der Waals surface area contributed by atoms with Gasteiger partial charge in [0.2, 0.25) is 5.88 Å². The molecule has 0 saturated carbocycles. The molecule has 1 N–H and O–H groups in total. The Hall–Kier alpha value is -3.67. The molecule has 0 amide bonds. The Bertz CT molecular complexity index is 1130. The van der Waals surface area contributed by atoms with Gasteiger partial charge >= 0.3 is 5.97 Å². The molecule has 3 rings (SSSR count). The van der Waals surface area contributed by atoms with Crippen LogP contribution >= 0.6 is 0 Å². The molecule has 1 heterocycles. The van der Waals surface area contributed by atoms with Gasteiger partial charge < -0.3 is 14.6 Å². The van der Waals surface area contributed by atoms with Crippen LogP contribution < -0.4 is 9.47 Å². The van der Waals surface area contributed by atoms with E-state index in [9.17, 15) is 9.59 Å². The number of carboxylic acid groups (broad SMARTS) is 1. The van der Waals surface area contributed by atoms with Gasteiger partial charge in [-0.2, -0.15) is 0 Å². The Morgan fingerprint density at radius 1 is 1.09 bits per heavy atom. The standard InChI is InChI=1S/C28H31NO5/c1-4-21-10-12-25(24(17-21)28(32)22-8-6-5-7-9-22)34-20(3)14-15-33-26-16-19(2)23(18-29-26)11-13-27(30)31/h5-10,12,16-18,20H,4,11,13-15H2,1-3H3,(H,30,31)/t20-/m0/s1. The summed E-state index contributed by atoms with van der Waals surface area (Å²) in [7, 11) is 0. The number of ether oxygens (including phenoxy) is 2. The zero-order valence-corrected chi connectivity index (χ0v) is 19.9. The Balaban J connectivity index is 1.61. The van der Waals surface area contributed by atoms with Gasteiger partial charge in [0, 0.05) is 30.7 Å². The molecule has 0 bridgehead atoms. The average Bonchev–Trinajstić information content (AvgIpc) is 2.83. The zero-order chi connectivity index (χ0) is 24.5. The minimum atomic E-state index is -0.827. The Morgan fingerprint density at radius 2 is 1.85 bits per heavy atom. The van der Waals surface area contributed by atoms with Crippen molar-refractivity contribution in [1.82, 2.24) is 4.98 Å². The maximum atomic E-state index is 13.1. The van der Waals surface area contributed by atoms with Crippen molar-refractivity contribution in [1.29, 1.82) is 0 Å². The summed E-state index contributed by atoms with van der Waals surface area (Å²) in [6.45, 7) is 6.32. The number of carboxylic acids is 1. The first-order chi connectivity index (χ1) is 16.4. The molecule has 0 unspecified atom stereocenters. The van der Waals surface area contributed by atoms with E-state index < -0.39 is 5.97 Å².